The average molecular weight is 274 g/mol. The normalized spacial score (nSPS) is 10.6. The van der Waals surface area contributed by atoms with Gasteiger partial charge < -0.3 is 10.1 Å². The van der Waals surface area contributed by atoms with Crippen LogP contribution in [-0.4, -0.2) is 18.6 Å². The van der Waals surface area contributed by atoms with Crippen LogP contribution in [0.1, 0.15) is 18.9 Å². The summed E-state index contributed by atoms with van der Waals surface area (Å²) in [6.45, 7) is 3.81. The number of ether oxygens (including phenoxy) is 1. The molecule has 0 aliphatic heterocycles. The van der Waals surface area contributed by atoms with Gasteiger partial charge in [0.05, 0.1) is 13.3 Å². The van der Waals surface area contributed by atoms with Gasteiger partial charge in [-0.2, -0.15) is 0 Å². The Morgan fingerprint density at radius 1 is 1.20 bits per heavy atom. The first-order valence-corrected chi connectivity index (χ1v) is 6.73. The fraction of sp³-hybridized carbons (Fsp3) is 0.312. The molecular weight excluding hydrogens is 255 g/mol. The lowest BCUT2D eigenvalue weighted by molar-refractivity contribution is 0.408. The third-order valence-corrected chi connectivity index (χ3v) is 3.06. The highest BCUT2D eigenvalue weighted by atomic mass is 19.1. The molecule has 20 heavy (non-hydrogen) atoms. The Bertz CT molecular complexity index is 572. The zero-order valence-electron chi connectivity index (χ0n) is 11.8. The minimum absolute atomic E-state index is 0.330. The summed E-state index contributed by atoms with van der Waals surface area (Å²) in [6.07, 6.45) is 3.95. The summed E-state index contributed by atoms with van der Waals surface area (Å²) in [5.41, 5.74) is 2.76. The van der Waals surface area contributed by atoms with E-state index in [-0.39, 0.29) is 5.82 Å². The van der Waals surface area contributed by atoms with Crippen LogP contribution in [0.4, 0.5) is 4.39 Å². The van der Waals surface area contributed by atoms with E-state index in [4.69, 9.17) is 4.74 Å². The van der Waals surface area contributed by atoms with Gasteiger partial charge in [0.25, 0.3) is 0 Å². The van der Waals surface area contributed by atoms with Crippen LogP contribution in [0.25, 0.3) is 11.1 Å². The van der Waals surface area contributed by atoms with Gasteiger partial charge in [-0.05, 0) is 36.7 Å². The molecule has 2 rings (SSSR count). The number of benzene rings is 1. The standard InChI is InChI=1S/C16H19FN2O/c1-3-6-18-10-14-7-12(4-5-16(14)20-2)13-8-15(17)11-19-9-13/h4-5,7-9,11,18H,3,6,10H2,1-2H3. The van der Waals surface area contributed by atoms with Gasteiger partial charge in [-0.3, -0.25) is 4.98 Å². The van der Waals surface area contributed by atoms with Crippen LogP contribution in [0.15, 0.2) is 36.7 Å². The molecule has 1 heterocycles. The quantitative estimate of drug-likeness (QED) is 0.820. The Morgan fingerprint density at radius 2 is 2.05 bits per heavy atom. The molecular formula is C16H19FN2O. The summed E-state index contributed by atoms with van der Waals surface area (Å²) < 4.78 is 18.6. The number of nitrogens with zero attached hydrogens (tertiary/aromatic N) is 1. The molecule has 0 saturated heterocycles. The smallest absolute Gasteiger partial charge is 0.142 e. The van der Waals surface area contributed by atoms with Gasteiger partial charge in [-0.15, -0.1) is 0 Å². The monoisotopic (exact) mass is 274 g/mol. The van der Waals surface area contributed by atoms with Crippen molar-refractivity contribution >= 4 is 0 Å². The fourth-order valence-electron chi connectivity index (χ4n) is 2.07. The van der Waals surface area contributed by atoms with Gasteiger partial charge in [0.15, 0.2) is 0 Å². The van der Waals surface area contributed by atoms with E-state index in [1.165, 1.54) is 12.3 Å². The maximum atomic E-state index is 13.2. The van der Waals surface area contributed by atoms with E-state index in [0.29, 0.717) is 0 Å². The molecule has 3 nitrogen and oxygen atoms in total. The Hall–Kier alpha value is -1.94. The molecule has 1 aromatic carbocycles. The molecule has 0 unspecified atom stereocenters. The maximum Gasteiger partial charge on any atom is 0.142 e. The Kier molecular flexibility index (Phi) is 5.07. The van der Waals surface area contributed by atoms with E-state index in [0.717, 1.165) is 42.0 Å². The summed E-state index contributed by atoms with van der Waals surface area (Å²) in [7, 11) is 1.65. The highest BCUT2D eigenvalue weighted by molar-refractivity contribution is 5.64. The van der Waals surface area contributed by atoms with E-state index in [2.05, 4.69) is 17.2 Å². The fourth-order valence-corrected chi connectivity index (χ4v) is 2.07. The summed E-state index contributed by atoms with van der Waals surface area (Å²) in [5, 5.41) is 3.35. The molecule has 1 aromatic heterocycles. The van der Waals surface area contributed by atoms with Crippen molar-refractivity contribution < 1.29 is 9.13 Å². The second-order valence-electron chi connectivity index (χ2n) is 4.60. The second-order valence-corrected chi connectivity index (χ2v) is 4.60. The topological polar surface area (TPSA) is 34.2 Å². The van der Waals surface area contributed by atoms with E-state index in [1.54, 1.807) is 13.3 Å². The van der Waals surface area contributed by atoms with Crippen molar-refractivity contribution in [2.24, 2.45) is 0 Å². The molecule has 0 atom stereocenters. The van der Waals surface area contributed by atoms with Crippen LogP contribution in [0.5, 0.6) is 5.75 Å². The summed E-state index contributed by atoms with van der Waals surface area (Å²) in [4.78, 5) is 3.89. The molecule has 0 bridgehead atoms. The van der Waals surface area contributed by atoms with Crippen LogP contribution in [0.3, 0.4) is 0 Å². The summed E-state index contributed by atoms with van der Waals surface area (Å²) in [5.74, 6) is 0.505. The third-order valence-electron chi connectivity index (χ3n) is 3.06. The zero-order chi connectivity index (χ0) is 14.4. The van der Waals surface area contributed by atoms with Crippen molar-refractivity contribution in [3.63, 3.8) is 0 Å². The van der Waals surface area contributed by atoms with Crippen molar-refractivity contribution in [1.82, 2.24) is 10.3 Å². The van der Waals surface area contributed by atoms with Crippen molar-refractivity contribution in [3.8, 4) is 16.9 Å². The van der Waals surface area contributed by atoms with Gasteiger partial charge >= 0.3 is 0 Å². The van der Waals surface area contributed by atoms with Crippen molar-refractivity contribution in [2.45, 2.75) is 19.9 Å². The van der Waals surface area contributed by atoms with Gasteiger partial charge in [-0.25, -0.2) is 4.39 Å². The predicted molar refractivity (Wildman–Crippen MR) is 78.2 cm³/mol. The molecule has 4 heteroatoms. The molecule has 0 saturated carbocycles. The van der Waals surface area contributed by atoms with Crippen LogP contribution in [-0.2, 0) is 6.54 Å². The molecule has 106 valence electrons. The summed E-state index contributed by atoms with van der Waals surface area (Å²) in [6, 6.07) is 7.32. The van der Waals surface area contributed by atoms with Gasteiger partial charge in [0.2, 0.25) is 0 Å². The van der Waals surface area contributed by atoms with Gasteiger partial charge in [0, 0.05) is 23.9 Å². The van der Waals surface area contributed by atoms with E-state index < -0.39 is 0 Å². The lowest BCUT2D eigenvalue weighted by Gasteiger charge is -2.11. The number of nitrogens with one attached hydrogen (secondary N) is 1. The minimum Gasteiger partial charge on any atom is -0.496 e. The van der Waals surface area contributed by atoms with Crippen LogP contribution >= 0.6 is 0 Å². The van der Waals surface area contributed by atoms with Gasteiger partial charge in [-0.1, -0.05) is 13.0 Å². The lowest BCUT2D eigenvalue weighted by Crippen LogP contribution is -2.14. The highest BCUT2D eigenvalue weighted by Crippen LogP contribution is 2.26. The van der Waals surface area contributed by atoms with E-state index >= 15 is 0 Å². The number of methoxy groups -OCH3 is 1. The molecule has 0 aliphatic rings. The number of halogens is 1. The molecule has 2 aromatic rings. The summed E-state index contributed by atoms with van der Waals surface area (Å²) >= 11 is 0. The molecule has 0 radical (unpaired) electrons. The van der Waals surface area contributed by atoms with Crippen LogP contribution in [0.2, 0.25) is 0 Å². The molecule has 1 N–H and O–H groups in total. The van der Waals surface area contributed by atoms with Gasteiger partial charge in [0.1, 0.15) is 11.6 Å². The number of pyridine rings is 1. The van der Waals surface area contributed by atoms with E-state index in [1.807, 2.05) is 18.2 Å². The largest absolute Gasteiger partial charge is 0.496 e. The number of hydrogen-bond donors (Lipinski definition) is 1. The SMILES string of the molecule is CCCNCc1cc(-c2cncc(F)c2)ccc1OC. The molecule has 0 spiro atoms. The van der Waals surface area contributed by atoms with E-state index in [9.17, 15) is 4.39 Å². The third kappa shape index (κ3) is 3.54. The Morgan fingerprint density at radius 3 is 2.75 bits per heavy atom. The minimum atomic E-state index is -0.330. The van der Waals surface area contributed by atoms with Crippen LogP contribution in [0, 0.1) is 5.82 Å². The molecule has 0 amide bonds. The first-order chi connectivity index (χ1) is 9.74. The zero-order valence-corrected chi connectivity index (χ0v) is 11.8. The Labute approximate surface area is 118 Å². The van der Waals surface area contributed by atoms with Crippen molar-refractivity contribution in [1.29, 1.82) is 0 Å². The number of hydrogen-bond acceptors (Lipinski definition) is 3. The second kappa shape index (κ2) is 7.01. The van der Waals surface area contributed by atoms with Crippen molar-refractivity contribution in [3.05, 3.63) is 48.0 Å². The van der Waals surface area contributed by atoms with Crippen LogP contribution < -0.4 is 10.1 Å². The number of aromatic nitrogens is 1. The lowest BCUT2D eigenvalue weighted by atomic mass is 10.0. The first-order valence-electron chi connectivity index (χ1n) is 6.73. The van der Waals surface area contributed by atoms with Crippen molar-refractivity contribution in [2.75, 3.05) is 13.7 Å². The first kappa shape index (κ1) is 14.5. The highest BCUT2D eigenvalue weighted by Gasteiger charge is 2.06. The molecule has 0 aliphatic carbocycles. The average Bonchev–Trinajstić information content (AvgIpc) is 2.47. The number of rotatable bonds is 6. The Balaban J connectivity index is 2.28. The predicted octanol–water partition coefficient (Wildman–Crippen LogP) is 3.40. The maximum absolute atomic E-state index is 13.2. The molecule has 0 fully saturated rings.